The van der Waals surface area contributed by atoms with Crippen molar-refractivity contribution < 1.29 is 9.53 Å². The molecule has 1 fully saturated rings. The number of unbranched alkanes of at least 4 members (excludes halogenated alkanes) is 2. The second-order valence-electron chi connectivity index (χ2n) is 3.58. The highest BCUT2D eigenvalue weighted by molar-refractivity contribution is 5.69. The molecular weight excluding hydrogens is 152 g/mol. The highest BCUT2D eigenvalue weighted by Gasteiger charge is 2.18. The summed E-state index contributed by atoms with van der Waals surface area (Å²) < 4.78 is 4.98. The van der Waals surface area contributed by atoms with Gasteiger partial charge in [0.1, 0.15) is 0 Å². The van der Waals surface area contributed by atoms with Crippen LogP contribution in [0.2, 0.25) is 0 Å². The van der Waals surface area contributed by atoms with Crippen molar-refractivity contribution >= 4 is 5.97 Å². The average molecular weight is 170 g/mol. The van der Waals surface area contributed by atoms with Crippen molar-refractivity contribution in [2.24, 2.45) is 5.92 Å². The Labute approximate surface area is 74.3 Å². The summed E-state index contributed by atoms with van der Waals surface area (Å²) in [4.78, 5) is 10.7. The Kier molecular flexibility index (Phi) is 4.12. The van der Waals surface area contributed by atoms with E-state index < -0.39 is 0 Å². The van der Waals surface area contributed by atoms with Crippen LogP contribution in [0.3, 0.4) is 0 Å². The molecule has 1 aliphatic rings. The van der Waals surface area contributed by atoms with E-state index >= 15 is 0 Å². The molecule has 70 valence electrons. The molecule has 0 bridgehead atoms. The number of rotatable bonds is 4. The zero-order valence-corrected chi connectivity index (χ0v) is 7.84. The van der Waals surface area contributed by atoms with E-state index in [0.717, 1.165) is 6.42 Å². The molecule has 2 nitrogen and oxygen atoms in total. The second kappa shape index (κ2) is 5.18. The summed E-state index contributed by atoms with van der Waals surface area (Å²) in [5.41, 5.74) is 0. The summed E-state index contributed by atoms with van der Waals surface area (Å²) in [6, 6.07) is 0. The van der Waals surface area contributed by atoms with Crippen LogP contribution in [0, 0.1) is 5.92 Å². The first-order valence-electron chi connectivity index (χ1n) is 4.98. The van der Waals surface area contributed by atoms with E-state index in [-0.39, 0.29) is 5.97 Å². The van der Waals surface area contributed by atoms with Gasteiger partial charge in [-0.3, -0.25) is 4.79 Å². The molecular formula is C10H18O2. The smallest absolute Gasteiger partial charge is 0.305 e. The number of carbonyl (C=O) groups excluding carboxylic acids is 1. The molecule has 0 amide bonds. The highest BCUT2D eigenvalue weighted by atomic mass is 16.5. The fraction of sp³-hybridized carbons (Fsp3) is 0.900. The molecule has 0 aliphatic carbocycles. The third kappa shape index (κ3) is 3.24. The van der Waals surface area contributed by atoms with Gasteiger partial charge in [-0.1, -0.05) is 26.2 Å². The van der Waals surface area contributed by atoms with Crippen LogP contribution in [0.5, 0.6) is 0 Å². The lowest BCUT2D eigenvalue weighted by Gasteiger charge is -2.21. The molecule has 0 radical (unpaired) electrons. The number of carbonyl (C=O) groups is 1. The second-order valence-corrected chi connectivity index (χ2v) is 3.58. The number of hydrogen-bond acceptors (Lipinski definition) is 2. The monoisotopic (exact) mass is 170 g/mol. The molecule has 0 saturated carbocycles. The molecule has 2 heteroatoms. The Morgan fingerprint density at radius 1 is 1.50 bits per heavy atom. The van der Waals surface area contributed by atoms with Crippen molar-refractivity contribution in [3.8, 4) is 0 Å². The molecule has 1 heterocycles. The summed E-state index contributed by atoms with van der Waals surface area (Å²) in [5.74, 6) is 0.635. The van der Waals surface area contributed by atoms with Crippen molar-refractivity contribution in [1.29, 1.82) is 0 Å². The molecule has 1 atom stereocenters. The molecule has 1 rings (SSSR count). The third-order valence-corrected chi connectivity index (χ3v) is 2.45. The van der Waals surface area contributed by atoms with E-state index in [1.54, 1.807) is 0 Å². The van der Waals surface area contributed by atoms with Crippen molar-refractivity contribution in [2.75, 3.05) is 6.61 Å². The van der Waals surface area contributed by atoms with Gasteiger partial charge < -0.3 is 4.74 Å². The van der Waals surface area contributed by atoms with Crippen molar-refractivity contribution in [1.82, 2.24) is 0 Å². The third-order valence-electron chi connectivity index (χ3n) is 2.45. The van der Waals surface area contributed by atoms with E-state index in [1.165, 1.54) is 25.7 Å². The molecule has 0 N–H and O–H groups in total. The Balaban J connectivity index is 2.05. The SMILES string of the molecule is CCCCC[C@H]1CCC(=O)OC1. The predicted molar refractivity (Wildman–Crippen MR) is 47.8 cm³/mol. The molecule has 0 aromatic heterocycles. The lowest BCUT2D eigenvalue weighted by molar-refractivity contribution is -0.149. The largest absolute Gasteiger partial charge is 0.465 e. The van der Waals surface area contributed by atoms with Gasteiger partial charge in [0.25, 0.3) is 0 Å². The fourth-order valence-electron chi connectivity index (χ4n) is 1.60. The lowest BCUT2D eigenvalue weighted by atomic mass is 9.95. The summed E-state index contributed by atoms with van der Waals surface area (Å²) in [5, 5.41) is 0. The van der Waals surface area contributed by atoms with Gasteiger partial charge in [0, 0.05) is 6.42 Å². The topological polar surface area (TPSA) is 26.3 Å². The van der Waals surface area contributed by atoms with Crippen LogP contribution in [0.4, 0.5) is 0 Å². The first-order chi connectivity index (χ1) is 5.83. The van der Waals surface area contributed by atoms with Gasteiger partial charge in [-0.25, -0.2) is 0 Å². The van der Waals surface area contributed by atoms with Crippen LogP contribution in [0.25, 0.3) is 0 Å². The summed E-state index contributed by atoms with van der Waals surface area (Å²) in [7, 11) is 0. The summed E-state index contributed by atoms with van der Waals surface area (Å²) >= 11 is 0. The first-order valence-corrected chi connectivity index (χ1v) is 4.98. The minimum absolute atomic E-state index is 0.0123. The quantitative estimate of drug-likeness (QED) is 0.478. The van der Waals surface area contributed by atoms with E-state index in [0.29, 0.717) is 18.9 Å². The maximum atomic E-state index is 10.7. The fourth-order valence-corrected chi connectivity index (χ4v) is 1.60. The van der Waals surface area contributed by atoms with Crippen LogP contribution in [0.15, 0.2) is 0 Å². The van der Waals surface area contributed by atoms with E-state index in [2.05, 4.69) is 6.92 Å². The van der Waals surface area contributed by atoms with E-state index in [1.807, 2.05) is 0 Å². The van der Waals surface area contributed by atoms with Crippen LogP contribution in [0.1, 0.15) is 45.4 Å². The standard InChI is InChI=1S/C10H18O2/c1-2-3-4-5-9-6-7-10(11)12-8-9/h9H,2-8H2,1H3/t9-/m0/s1. The van der Waals surface area contributed by atoms with Crippen molar-refractivity contribution in [3.05, 3.63) is 0 Å². The number of hydrogen-bond donors (Lipinski definition) is 0. The van der Waals surface area contributed by atoms with Crippen LogP contribution in [-0.2, 0) is 9.53 Å². The Bertz CT molecular complexity index is 133. The Hall–Kier alpha value is -0.530. The van der Waals surface area contributed by atoms with Gasteiger partial charge in [0.05, 0.1) is 6.61 Å². The van der Waals surface area contributed by atoms with E-state index in [9.17, 15) is 4.79 Å². The Morgan fingerprint density at radius 3 is 2.92 bits per heavy atom. The summed E-state index contributed by atoms with van der Waals surface area (Å²) in [6.07, 6.45) is 6.79. The molecule has 12 heavy (non-hydrogen) atoms. The Morgan fingerprint density at radius 2 is 2.33 bits per heavy atom. The van der Waals surface area contributed by atoms with Gasteiger partial charge in [-0.15, -0.1) is 0 Å². The molecule has 1 saturated heterocycles. The van der Waals surface area contributed by atoms with Gasteiger partial charge in [-0.2, -0.15) is 0 Å². The normalized spacial score (nSPS) is 23.8. The van der Waals surface area contributed by atoms with Crippen LogP contribution < -0.4 is 0 Å². The van der Waals surface area contributed by atoms with Gasteiger partial charge in [-0.05, 0) is 18.8 Å². The maximum absolute atomic E-state index is 10.7. The predicted octanol–water partition coefficient (Wildman–Crippen LogP) is 2.52. The number of esters is 1. The minimum atomic E-state index is -0.0123. The maximum Gasteiger partial charge on any atom is 0.305 e. The zero-order chi connectivity index (χ0) is 8.81. The molecule has 0 spiro atoms. The molecule has 0 aromatic rings. The summed E-state index contributed by atoms with van der Waals surface area (Å²) in [6.45, 7) is 2.88. The minimum Gasteiger partial charge on any atom is -0.465 e. The lowest BCUT2D eigenvalue weighted by Crippen LogP contribution is -2.21. The molecule has 0 unspecified atom stereocenters. The van der Waals surface area contributed by atoms with Gasteiger partial charge >= 0.3 is 5.97 Å². The molecule has 1 aliphatic heterocycles. The zero-order valence-electron chi connectivity index (χ0n) is 7.84. The van der Waals surface area contributed by atoms with Crippen molar-refractivity contribution in [2.45, 2.75) is 45.4 Å². The molecule has 0 aromatic carbocycles. The van der Waals surface area contributed by atoms with Crippen molar-refractivity contribution in [3.63, 3.8) is 0 Å². The van der Waals surface area contributed by atoms with Gasteiger partial charge in [0.15, 0.2) is 0 Å². The van der Waals surface area contributed by atoms with E-state index in [4.69, 9.17) is 4.74 Å². The number of ether oxygens (including phenoxy) is 1. The number of cyclic esters (lactones) is 1. The average Bonchev–Trinajstić information content (AvgIpc) is 2.09. The van der Waals surface area contributed by atoms with Crippen LogP contribution >= 0.6 is 0 Å². The van der Waals surface area contributed by atoms with Gasteiger partial charge in [0.2, 0.25) is 0 Å². The first kappa shape index (κ1) is 9.56. The van der Waals surface area contributed by atoms with Crippen LogP contribution in [-0.4, -0.2) is 12.6 Å². The highest BCUT2D eigenvalue weighted by Crippen LogP contribution is 2.20.